The highest BCUT2D eigenvalue weighted by Gasteiger charge is 2.33. The molecule has 4 N–H and O–H groups in total. The molecule has 0 spiro atoms. The van der Waals surface area contributed by atoms with Crippen molar-refractivity contribution in [1.82, 2.24) is 5.32 Å². The zero-order valence-electron chi connectivity index (χ0n) is 18.2. The van der Waals surface area contributed by atoms with Crippen LogP contribution in [0, 0.1) is 0 Å². The van der Waals surface area contributed by atoms with Gasteiger partial charge in [-0.3, -0.25) is 4.99 Å². The summed E-state index contributed by atoms with van der Waals surface area (Å²) in [5, 5.41) is 6.98. The van der Waals surface area contributed by atoms with Gasteiger partial charge in [-0.25, -0.2) is 0 Å². The van der Waals surface area contributed by atoms with Crippen LogP contribution in [0.2, 0.25) is 0 Å². The van der Waals surface area contributed by atoms with Crippen molar-refractivity contribution in [3.8, 4) is 5.75 Å². The van der Waals surface area contributed by atoms with Gasteiger partial charge in [-0.1, -0.05) is 30.3 Å². The lowest BCUT2D eigenvalue weighted by Crippen LogP contribution is -2.53. The number of rotatable bonds is 8. The average Bonchev–Trinajstić information content (AvgIpc) is 2.75. The fourth-order valence-electron chi connectivity index (χ4n) is 3.71. The molecule has 6 heteroatoms. The largest absolute Gasteiger partial charge is 0.491 e. The minimum atomic E-state index is -0.130. The van der Waals surface area contributed by atoms with Crippen molar-refractivity contribution in [2.24, 2.45) is 10.7 Å². The summed E-state index contributed by atoms with van der Waals surface area (Å²) in [6.45, 7) is 8.27. The summed E-state index contributed by atoms with van der Waals surface area (Å²) < 4.78 is 11.3. The summed E-state index contributed by atoms with van der Waals surface area (Å²) in [6.07, 6.45) is 1.96. The first-order valence-electron chi connectivity index (χ1n) is 10.7. The smallest absolute Gasteiger partial charge is 0.193 e. The van der Waals surface area contributed by atoms with Crippen LogP contribution in [0.4, 0.5) is 5.69 Å². The standard InChI is InChI=1S/C24H34N4O2/c1-18(2)30-22-11-9-21(10-12-22)27-23(25)26-17-24(13-15-29-16-14-24)28-19(3)20-7-5-4-6-8-20/h4-12,18-19,28H,13-17H2,1-3H3,(H3,25,26,27). The van der Waals surface area contributed by atoms with Gasteiger partial charge in [0.2, 0.25) is 0 Å². The van der Waals surface area contributed by atoms with E-state index in [1.807, 2.05) is 44.2 Å². The summed E-state index contributed by atoms with van der Waals surface area (Å²) >= 11 is 0. The molecule has 1 unspecified atom stereocenters. The number of anilines is 1. The van der Waals surface area contributed by atoms with Gasteiger partial charge in [0.1, 0.15) is 5.75 Å². The predicted molar refractivity (Wildman–Crippen MR) is 123 cm³/mol. The summed E-state index contributed by atoms with van der Waals surface area (Å²) in [5.74, 6) is 1.25. The van der Waals surface area contributed by atoms with Gasteiger partial charge in [-0.2, -0.15) is 0 Å². The van der Waals surface area contributed by atoms with Gasteiger partial charge in [-0.15, -0.1) is 0 Å². The van der Waals surface area contributed by atoms with Crippen molar-refractivity contribution in [2.75, 3.05) is 25.1 Å². The van der Waals surface area contributed by atoms with Gasteiger partial charge < -0.3 is 25.8 Å². The Hall–Kier alpha value is -2.57. The second-order valence-electron chi connectivity index (χ2n) is 8.19. The topological polar surface area (TPSA) is 80.9 Å². The third-order valence-corrected chi connectivity index (χ3v) is 5.32. The van der Waals surface area contributed by atoms with Crippen molar-refractivity contribution in [2.45, 2.75) is 51.3 Å². The number of aliphatic imine (C=N–C) groups is 1. The third-order valence-electron chi connectivity index (χ3n) is 5.32. The molecule has 0 saturated carbocycles. The molecule has 1 aliphatic rings. The molecule has 1 fully saturated rings. The van der Waals surface area contributed by atoms with E-state index < -0.39 is 0 Å². The number of ether oxygens (including phenoxy) is 2. The van der Waals surface area contributed by atoms with Gasteiger partial charge in [-0.05, 0) is 63.4 Å². The third kappa shape index (κ3) is 6.47. The van der Waals surface area contributed by atoms with E-state index in [4.69, 9.17) is 15.2 Å². The first-order valence-corrected chi connectivity index (χ1v) is 10.7. The van der Waals surface area contributed by atoms with E-state index in [-0.39, 0.29) is 17.7 Å². The Bertz CT molecular complexity index is 800. The number of hydrogen-bond donors (Lipinski definition) is 3. The van der Waals surface area contributed by atoms with Crippen LogP contribution < -0.4 is 21.1 Å². The molecule has 1 heterocycles. The molecule has 162 valence electrons. The van der Waals surface area contributed by atoms with Crippen molar-refractivity contribution in [3.05, 3.63) is 60.2 Å². The van der Waals surface area contributed by atoms with Crippen molar-refractivity contribution < 1.29 is 9.47 Å². The molecule has 1 atom stereocenters. The first kappa shape index (κ1) is 22.1. The molecule has 3 rings (SSSR count). The monoisotopic (exact) mass is 410 g/mol. The van der Waals surface area contributed by atoms with Crippen molar-refractivity contribution in [3.63, 3.8) is 0 Å². The second kappa shape index (κ2) is 10.5. The lowest BCUT2D eigenvalue weighted by molar-refractivity contribution is 0.0375. The zero-order chi connectivity index (χ0) is 21.4. The van der Waals surface area contributed by atoms with Crippen LogP contribution in [0.25, 0.3) is 0 Å². The second-order valence-corrected chi connectivity index (χ2v) is 8.19. The maximum absolute atomic E-state index is 6.19. The highest BCUT2D eigenvalue weighted by Crippen LogP contribution is 2.26. The highest BCUT2D eigenvalue weighted by molar-refractivity contribution is 5.92. The lowest BCUT2D eigenvalue weighted by Gasteiger charge is -2.39. The molecular weight excluding hydrogens is 376 g/mol. The van der Waals surface area contributed by atoms with Crippen LogP contribution in [0.3, 0.4) is 0 Å². The van der Waals surface area contributed by atoms with E-state index in [2.05, 4.69) is 46.8 Å². The predicted octanol–water partition coefficient (Wildman–Crippen LogP) is 4.10. The molecule has 30 heavy (non-hydrogen) atoms. The molecule has 0 radical (unpaired) electrons. The Balaban J connectivity index is 1.63. The summed E-state index contributed by atoms with van der Waals surface area (Å²) in [5.41, 5.74) is 8.21. The minimum absolute atomic E-state index is 0.130. The maximum Gasteiger partial charge on any atom is 0.193 e. The number of hydrogen-bond acceptors (Lipinski definition) is 4. The molecule has 1 aliphatic heterocycles. The fraction of sp³-hybridized carbons (Fsp3) is 0.458. The molecule has 0 aliphatic carbocycles. The fourth-order valence-corrected chi connectivity index (χ4v) is 3.71. The van der Waals surface area contributed by atoms with Crippen molar-refractivity contribution in [1.29, 1.82) is 0 Å². The number of nitrogens with two attached hydrogens (primary N) is 1. The number of benzene rings is 2. The minimum Gasteiger partial charge on any atom is -0.491 e. The van der Waals surface area contributed by atoms with E-state index in [9.17, 15) is 0 Å². The van der Waals surface area contributed by atoms with Crippen LogP contribution in [0.15, 0.2) is 59.6 Å². The summed E-state index contributed by atoms with van der Waals surface area (Å²) in [4.78, 5) is 4.67. The number of nitrogens with zero attached hydrogens (tertiary/aromatic N) is 1. The summed E-state index contributed by atoms with van der Waals surface area (Å²) in [6, 6.07) is 18.5. The molecule has 0 aromatic heterocycles. The number of guanidine groups is 1. The maximum atomic E-state index is 6.19. The van der Waals surface area contributed by atoms with Gasteiger partial charge in [0.05, 0.1) is 12.6 Å². The van der Waals surface area contributed by atoms with Crippen molar-refractivity contribution >= 4 is 11.6 Å². The molecule has 0 amide bonds. The SMILES string of the molecule is CC(C)Oc1ccc(NC(N)=NCC2(NC(C)c3ccccc3)CCOCC2)cc1. The average molecular weight is 411 g/mol. The number of nitrogens with one attached hydrogen (secondary N) is 2. The highest BCUT2D eigenvalue weighted by atomic mass is 16.5. The lowest BCUT2D eigenvalue weighted by atomic mass is 9.88. The first-order chi connectivity index (χ1) is 14.5. The Labute approximate surface area is 179 Å². The normalized spacial score (nSPS) is 17.5. The van der Waals surface area contributed by atoms with Gasteiger partial charge in [0.25, 0.3) is 0 Å². The molecule has 2 aromatic carbocycles. The van der Waals surface area contributed by atoms with Crippen LogP contribution in [0.5, 0.6) is 5.75 Å². The van der Waals surface area contributed by atoms with Crippen LogP contribution >= 0.6 is 0 Å². The van der Waals surface area contributed by atoms with Gasteiger partial charge in [0, 0.05) is 30.5 Å². The molecule has 0 bridgehead atoms. The van der Waals surface area contributed by atoms with E-state index in [1.54, 1.807) is 0 Å². The Kier molecular flexibility index (Phi) is 7.71. The van der Waals surface area contributed by atoms with E-state index >= 15 is 0 Å². The van der Waals surface area contributed by atoms with Crippen LogP contribution in [-0.2, 0) is 4.74 Å². The molecule has 6 nitrogen and oxygen atoms in total. The quantitative estimate of drug-likeness (QED) is 0.451. The molecule has 2 aromatic rings. The zero-order valence-corrected chi connectivity index (χ0v) is 18.2. The van der Waals surface area contributed by atoms with E-state index in [1.165, 1.54) is 5.56 Å². The Morgan fingerprint density at radius 1 is 1.07 bits per heavy atom. The Morgan fingerprint density at radius 2 is 1.73 bits per heavy atom. The van der Waals surface area contributed by atoms with Crippen LogP contribution in [0.1, 0.15) is 45.2 Å². The van der Waals surface area contributed by atoms with Crippen LogP contribution in [-0.4, -0.2) is 37.4 Å². The van der Waals surface area contributed by atoms with Gasteiger partial charge >= 0.3 is 0 Å². The molecular formula is C24H34N4O2. The van der Waals surface area contributed by atoms with Gasteiger partial charge in [0.15, 0.2) is 5.96 Å². The summed E-state index contributed by atoms with van der Waals surface area (Å²) in [7, 11) is 0. The van der Waals surface area contributed by atoms with E-state index in [0.717, 1.165) is 37.5 Å². The molecule has 1 saturated heterocycles. The van der Waals surface area contributed by atoms with E-state index in [0.29, 0.717) is 12.5 Å². The Morgan fingerprint density at radius 3 is 2.37 bits per heavy atom.